The first-order valence-corrected chi connectivity index (χ1v) is 5.64. The summed E-state index contributed by atoms with van der Waals surface area (Å²) in [6.45, 7) is 0. The SMILES string of the molecule is O=C1CC2CC(c3ccccc3)C1C(=O)N2. The molecule has 3 heteroatoms. The van der Waals surface area contributed by atoms with Gasteiger partial charge in [0.1, 0.15) is 11.7 Å². The Bertz CT molecular complexity index is 423. The van der Waals surface area contributed by atoms with Gasteiger partial charge in [-0.3, -0.25) is 9.59 Å². The van der Waals surface area contributed by atoms with Crippen LogP contribution < -0.4 is 5.32 Å². The third-order valence-corrected chi connectivity index (χ3v) is 3.59. The molecule has 1 saturated carbocycles. The lowest BCUT2D eigenvalue weighted by Gasteiger charge is -2.41. The molecule has 0 radical (unpaired) electrons. The van der Waals surface area contributed by atoms with E-state index in [0.717, 1.165) is 12.0 Å². The third-order valence-electron chi connectivity index (χ3n) is 3.59. The van der Waals surface area contributed by atoms with Gasteiger partial charge in [0, 0.05) is 18.4 Å². The Morgan fingerprint density at radius 3 is 2.50 bits per heavy atom. The molecule has 1 N–H and O–H groups in total. The molecule has 3 atom stereocenters. The molecule has 2 heterocycles. The van der Waals surface area contributed by atoms with Gasteiger partial charge >= 0.3 is 0 Å². The van der Waals surface area contributed by atoms with Crippen LogP contribution in [0.5, 0.6) is 0 Å². The normalized spacial score (nSPS) is 32.6. The predicted octanol–water partition coefficient (Wildman–Crippen LogP) is 1.25. The molecule has 1 aliphatic carbocycles. The zero-order chi connectivity index (χ0) is 11.1. The largest absolute Gasteiger partial charge is 0.352 e. The number of fused-ring (bicyclic) bond motifs is 3. The quantitative estimate of drug-likeness (QED) is 0.716. The van der Waals surface area contributed by atoms with Crippen LogP contribution in [-0.2, 0) is 9.59 Å². The monoisotopic (exact) mass is 215 g/mol. The van der Waals surface area contributed by atoms with E-state index in [4.69, 9.17) is 0 Å². The predicted molar refractivity (Wildman–Crippen MR) is 58.8 cm³/mol. The van der Waals surface area contributed by atoms with E-state index >= 15 is 0 Å². The maximum atomic E-state index is 11.8. The number of nitrogens with one attached hydrogen (secondary N) is 1. The molecule has 3 aliphatic rings. The number of piperidine rings is 2. The molecule has 82 valence electrons. The highest BCUT2D eigenvalue weighted by Crippen LogP contribution is 2.39. The van der Waals surface area contributed by atoms with Crippen molar-refractivity contribution >= 4 is 11.7 Å². The number of ketones is 1. The van der Waals surface area contributed by atoms with E-state index in [0.29, 0.717) is 6.42 Å². The van der Waals surface area contributed by atoms with E-state index < -0.39 is 5.92 Å². The zero-order valence-electron chi connectivity index (χ0n) is 8.85. The van der Waals surface area contributed by atoms with Crippen LogP contribution >= 0.6 is 0 Å². The van der Waals surface area contributed by atoms with Crippen LogP contribution in [0.25, 0.3) is 0 Å². The Balaban J connectivity index is 1.98. The van der Waals surface area contributed by atoms with Gasteiger partial charge < -0.3 is 5.32 Å². The molecule has 0 spiro atoms. The van der Waals surface area contributed by atoms with Crippen molar-refractivity contribution in [3.8, 4) is 0 Å². The fourth-order valence-corrected chi connectivity index (χ4v) is 2.88. The summed E-state index contributed by atoms with van der Waals surface area (Å²) in [7, 11) is 0. The molecule has 1 aromatic carbocycles. The maximum absolute atomic E-state index is 11.8. The lowest BCUT2D eigenvalue weighted by molar-refractivity contribution is -0.142. The smallest absolute Gasteiger partial charge is 0.231 e. The highest BCUT2D eigenvalue weighted by atomic mass is 16.2. The van der Waals surface area contributed by atoms with Crippen molar-refractivity contribution < 1.29 is 9.59 Å². The number of amides is 1. The number of rotatable bonds is 1. The van der Waals surface area contributed by atoms with Gasteiger partial charge in [-0.15, -0.1) is 0 Å². The summed E-state index contributed by atoms with van der Waals surface area (Å²) in [4.78, 5) is 23.5. The van der Waals surface area contributed by atoms with Crippen molar-refractivity contribution in [2.75, 3.05) is 0 Å². The van der Waals surface area contributed by atoms with Gasteiger partial charge in [0.05, 0.1) is 0 Å². The van der Waals surface area contributed by atoms with Gasteiger partial charge in [0.2, 0.25) is 5.91 Å². The van der Waals surface area contributed by atoms with Gasteiger partial charge in [0.25, 0.3) is 0 Å². The second kappa shape index (κ2) is 3.44. The molecule has 1 amide bonds. The van der Waals surface area contributed by atoms with Crippen LogP contribution in [-0.4, -0.2) is 17.7 Å². The van der Waals surface area contributed by atoms with Gasteiger partial charge in [-0.25, -0.2) is 0 Å². The number of hydrogen-bond acceptors (Lipinski definition) is 2. The molecule has 2 saturated heterocycles. The van der Waals surface area contributed by atoms with Crippen molar-refractivity contribution in [2.24, 2.45) is 5.92 Å². The second-order valence-corrected chi connectivity index (χ2v) is 4.61. The fourth-order valence-electron chi connectivity index (χ4n) is 2.88. The van der Waals surface area contributed by atoms with Crippen LogP contribution in [0.1, 0.15) is 24.3 Å². The minimum atomic E-state index is -0.451. The van der Waals surface area contributed by atoms with Crippen molar-refractivity contribution in [1.82, 2.24) is 5.32 Å². The summed E-state index contributed by atoms with van der Waals surface area (Å²) < 4.78 is 0. The highest BCUT2D eigenvalue weighted by molar-refractivity contribution is 6.05. The minimum Gasteiger partial charge on any atom is -0.352 e. The van der Waals surface area contributed by atoms with Crippen molar-refractivity contribution in [1.29, 1.82) is 0 Å². The van der Waals surface area contributed by atoms with Crippen LogP contribution in [0.2, 0.25) is 0 Å². The number of hydrogen-bond donors (Lipinski definition) is 1. The molecule has 3 fully saturated rings. The Morgan fingerprint density at radius 1 is 1.12 bits per heavy atom. The molecule has 2 bridgehead atoms. The van der Waals surface area contributed by atoms with E-state index in [9.17, 15) is 9.59 Å². The summed E-state index contributed by atoms with van der Waals surface area (Å²) >= 11 is 0. The first-order chi connectivity index (χ1) is 7.75. The summed E-state index contributed by atoms with van der Waals surface area (Å²) in [5.41, 5.74) is 1.11. The molecular weight excluding hydrogens is 202 g/mol. The molecule has 16 heavy (non-hydrogen) atoms. The molecule has 1 aromatic rings. The van der Waals surface area contributed by atoms with Gasteiger partial charge in [0.15, 0.2) is 0 Å². The average Bonchev–Trinajstić information content (AvgIpc) is 2.29. The molecule has 0 aromatic heterocycles. The lowest BCUT2D eigenvalue weighted by atomic mass is 9.69. The van der Waals surface area contributed by atoms with Gasteiger partial charge in [-0.05, 0) is 12.0 Å². The van der Waals surface area contributed by atoms with Crippen LogP contribution in [0, 0.1) is 5.92 Å². The number of Topliss-reactive ketones (excluding diaryl/α,β-unsaturated/α-hetero) is 1. The molecular formula is C13H13NO2. The Morgan fingerprint density at radius 2 is 1.88 bits per heavy atom. The summed E-state index contributed by atoms with van der Waals surface area (Å²) in [5, 5.41) is 2.89. The van der Waals surface area contributed by atoms with E-state index in [1.54, 1.807) is 0 Å². The van der Waals surface area contributed by atoms with Crippen molar-refractivity contribution in [3.05, 3.63) is 35.9 Å². The maximum Gasteiger partial charge on any atom is 0.231 e. The Kier molecular flexibility index (Phi) is 2.06. The molecule has 3 unspecified atom stereocenters. The van der Waals surface area contributed by atoms with Gasteiger partial charge in [-0.2, -0.15) is 0 Å². The second-order valence-electron chi connectivity index (χ2n) is 4.61. The van der Waals surface area contributed by atoms with E-state index in [-0.39, 0.29) is 23.7 Å². The first-order valence-electron chi connectivity index (χ1n) is 5.64. The molecule has 2 aliphatic heterocycles. The summed E-state index contributed by atoms with van der Waals surface area (Å²) in [6, 6.07) is 9.93. The third kappa shape index (κ3) is 1.35. The average molecular weight is 215 g/mol. The van der Waals surface area contributed by atoms with E-state index in [1.165, 1.54) is 0 Å². The number of benzene rings is 1. The van der Waals surface area contributed by atoms with Crippen molar-refractivity contribution in [3.63, 3.8) is 0 Å². The lowest BCUT2D eigenvalue weighted by Crippen LogP contribution is -2.56. The summed E-state index contributed by atoms with van der Waals surface area (Å²) in [6.07, 6.45) is 1.41. The minimum absolute atomic E-state index is 0.0511. The number of carbonyl (C=O) groups excluding carboxylic acids is 2. The van der Waals surface area contributed by atoms with Gasteiger partial charge in [-0.1, -0.05) is 30.3 Å². The fraction of sp³-hybridized carbons (Fsp3) is 0.385. The van der Waals surface area contributed by atoms with E-state index in [1.807, 2.05) is 30.3 Å². The van der Waals surface area contributed by atoms with Crippen LogP contribution in [0.15, 0.2) is 30.3 Å². The van der Waals surface area contributed by atoms with Crippen LogP contribution in [0.3, 0.4) is 0 Å². The summed E-state index contributed by atoms with van der Waals surface area (Å²) in [5.74, 6) is -0.344. The zero-order valence-corrected chi connectivity index (χ0v) is 8.85. The topological polar surface area (TPSA) is 46.2 Å². The standard InChI is InChI=1S/C13H13NO2/c15-11-7-9-6-10(12(11)13(16)14-9)8-4-2-1-3-5-8/h1-5,9-10,12H,6-7H2,(H,14,16). The van der Waals surface area contributed by atoms with Crippen LogP contribution in [0.4, 0.5) is 0 Å². The molecule has 4 rings (SSSR count). The molecule has 3 nitrogen and oxygen atoms in total. The highest BCUT2D eigenvalue weighted by Gasteiger charge is 2.47. The van der Waals surface area contributed by atoms with Crippen molar-refractivity contribution in [2.45, 2.75) is 24.8 Å². The Labute approximate surface area is 93.8 Å². The first kappa shape index (κ1) is 9.58. The van der Waals surface area contributed by atoms with E-state index in [2.05, 4.69) is 5.32 Å². The Hall–Kier alpha value is -1.64. The number of carbonyl (C=O) groups is 2.